The summed E-state index contributed by atoms with van der Waals surface area (Å²) in [5, 5.41) is 12.0. The number of hydrogen-bond donors (Lipinski definition) is 1. The van der Waals surface area contributed by atoms with Crippen LogP contribution >= 0.6 is 0 Å². The first-order valence-electron chi connectivity index (χ1n) is 10.9. The van der Waals surface area contributed by atoms with Gasteiger partial charge in [0.15, 0.2) is 5.82 Å². The SMILES string of the molecule is Cc1nc([C@@]23CN(Cc4cnn(C(C)C)c4)C[C@@H]2CN(C(=O)c2ccccc2)C3)n[nH]1. The third kappa shape index (κ3) is 3.54. The topological polar surface area (TPSA) is 82.9 Å². The maximum Gasteiger partial charge on any atom is 0.253 e. The highest BCUT2D eigenvalue weighted by Gasteiger charge is 2.56. The Labute approximate surface area is 182 Å². The molecule has 162 valence electrons. The Kier molecular flexibility index (Phi) is 4.89. The number of carbonyl (C=O) groups is 1. The third-order valence-corrected chi connectivity index (χ3v) is 6.62. The number of aromatic nitrogens is 5. The van der Waals surface area contributed by atoms with Crippen LogP contribution < -0.4 is 0 Å². The molecule has 4 heterocycles. The highest BCUT2D eigenvalue weighted by Crippen LogP contribution is 2.44. The van der Waals surface area contributed by atoms with Crippen molar-refractivity contribution in [2.24, 2.45) is 5.92 Å². The number of H-pyrrole nitrogens is 1. The molecule has 0 unspecified atom stereocenters. The van der Waals surface area contributed by atoms with Crippen molar-refractivity contribution in [3.05, 3.63) is 65.5 Å². The van der Waals surface area contributed by atoms with Gasteiger partial charge in [-0.15, -0.1) is 0 Å². The zero-order valence-electron chi connectivity index (χ0n) is 18.3. The predicted molar refractivity (Wildman–Crippen MR) is 117 cm³/mol. The average Bonchev–Trinajstić information content (AvgIpc) is 3.51. The summed E-state index contributed by atoms with van der Waals surface area (Å²) in [6, 6.07) is 9.89. The monoisotopic (exact) mass is 419 g/mol. The van der Waals surface area contributed by atoms with E-state index in [1.165, 1.54) is 5.56 Å². The van der Waals surface area contributed by atoms with E-state index >= 15 is 0 Å². The number of hydrogen-bond acceptors (Lipinski definition) is 5. The van der Waals surface area contributed by atoms with Crippen molar-refractivity contribution in [1.82, 2.24) is 34.8 Å². The van der Waals surface area contributed by atoms with Gasteiger partial charge in [-0.25, -0.2) is 4.98 Å². The molecule has 5 rings (SSSR count). The minimum absolute atomic E-state index is 0.0893. The zero-order chi connectivity index (χ0) is 21.6. The smallest absolute Gasteiger partial charge is 0.253 e. The largest absolute Gasteiger partial charge is 0.337 e. The molecular formula is C23H29N7O. The Hall–Kier alpha value is -3.00. The van der Waals surface area contributed by atoms with Crippen LogP contribution in [-0.4, -0.2) is 66.8 Å². The molecule has 0 aliphatic carbocycles. The van der Waals surface area contributed by atoms with Crippen molar-refractivity contribution in [2.45, 2.75) is 38.8 Å². The number of carbonyl (C=O) groups excluding carboxylic acids is 1. The lowest BCUT2D eigenvalue weighted by atomic mass is 9.80. The lowest BCUT2D eigenvalue weighted by molar-refractivity contribution is 0.0769. The van der Waals surface area contributed by atoms with Crippen LogP contribution in [0.1, 0.15) is 47.5 Å². The highest BCUT2D eigenvalue weighted by atomic mass is 16.2. The summed E-state index contributed by atoms with van der Waals surface area (Å²) in [6.07, 6.45) is 4.09. The van der Waals surface area contributed by atoms with E-state index in [4.69, 9.17) is 4.98 Å². The van der Waals surface area contributed by atoms with Gasteiger partial charge in [-0.3, -0.25) is 19.5 Å². The van der Waals surface area contributed by atoms with Crippen LogP contribution in [0.5, 0.6) is 0 Å². The summed E-state index contributed by atoms with van der Waals surface area (Å²) in [5.74, 6) is 2.04. The van der Waals surface area contributed by atoms with E-state index in [0.29, 0.717) is 18.5 Å². The number of rotatable bonds is 5. The van der Waals surface area contributed by atoms with Crippen LogP contribution in [0.4, 0.5) is 0 Å². The van der Waals surface area contributed by atoms with Crippen LogP contribution in [0.25, 0.3) is 0 Å². The summed E-state index contributed by atoms with van der Waals surface area (Å²) in [7, 11) is 0. The van der Waals surface area contributed by atoms with E-state index in [9.17, 15) is 4.79 Å². The quantitative estimate of drug-likeness (QED) is 0.687. The van der Waals surface area contributed by atoms with Crippen molar-refractivity contribution in [3.63, 3.8) is 0 Å². The second kappa shape index (κ2) is 7.60. The molecular weight excluding hydrogens is 390 g/mol. The molecule has 2 atom stereocenters. The summed E-state index contributed by atoms with van der Waals surface area (Å²) in [4.78, 5) is 22.3. The normalized spacial score (nSPS) is 23.6. The van der Waals surface area contributed by atoms with E-state index in [0.717, 1.165) is 43.4 Å². The van der Waals surface area contributed by atoms with E-state index < -0.39 is 0 Å². The van der Waals surface area contributed by atoms with Crippen LogP contribution in [0.15, 0.2) is 42.7 Å². The van der Waals surface area contributed by atoms with Crippen molar-refractivity contribution in [3.8, 4) is 0 Å². The van der Waals surface area contributed by atoms with Gasteiger partial charge >= 0.3 is 0 Å². The van der Waals surface area contributed by atoms with Gasteiger partial charge in [0.05, 0.1) is 11.6 Å². The fraction of sp³-hybridized carbons (Fsp3) is 0.478. The molecule has 1 N–H and O–H groups in total. The molecule has 8 nitrogen and oxygen atoms in total. The third-order valence-electron chi connectivity index (χ3n) is 6.62. The first kappa shape index (κ1) is 19.9. The average molecular weight is 420 g/mol. The van der Waals surface area contributed by atoms with Gasteiger partial charge in [-0.1, -0.05) is 18.2 Å². The number of aryl methyl sites for hydroxylation is 1. The maximum atomic E-state index is 13.1. The molecule has 31 heavy (non-hydrogen) atoms. The number of likely N-dealkylation sites (tertiary alicyclic amines) is 2. The molecule has 3 aromatic rings. The molecule has 0 radical (unpaired) electrons. The molecule has 0 spiro atoms. The number of nitrogens with zero attached hydrogens (tertiary/aromatic N) is 6. The first-order valence-corrected chi connectivity index (χ1v) is 10.9. The van der Waals surface area contributed by atoms with Gasteiger partial charge in [-0.05, 0) is 32.9 Å². The maximum absolute atomic E-state index is 13.1. The summed E-state index contributed by atoms with van der Waals surface area (Å²) < 4.78 is 2.00. The molecule has 0 bridgehead atoms. The Morgan fingerprint density at radius 1 is 1.23 bits per heavy atom. The standard InChI is InChI=1S/C23H29N7O/c1-16(2)30-11-18(9-24-30)10-28-12-20-13-29(21(31)19-7-5-4-6-8-19)15-23(20,14-28)22-25-17(3)26-27-22/h4-9,11,16,20H,10,12-15H2,1-3H3,(H,25,26,27)/t20-,23-/m1/s1. The molecule has 2 aliphatic heterocycles. The minimum Gasteiger partial charge on any atom is -0.337 e. The van der Waals surface area contributed by atoms with E-state index in [2.05, 4.69) is 40.2 Å². The molecule has 2 fully saturated rings. The summed E-state index contributed by atoms with van der Waals surface area (Å²) in [6.45, 7) is 10.2. The van der Waals surface area contributed by atoms with Gasteiger partial charge < -0.3 is 4.90 Å². The molecule has 2 aliphatic rings. The van der Waals surface area contributed by atoms with E-state index in [1.54, 1.807) is 0 Å². The minimum atomic E-state index is -0.247. The number of amides is 1. The van der Waals surface area contributed by atoms with Crippen LogP contribution in [0, 0.1) is 12.8 Å². The molecule has 0 saturated carbocycles. The molecule has 1 amide bonds. The summed E-state index contributed by atoms with van der Waals surface area (Å²) in [5.41, 5.74) is 1.71. The summed E-state index contributed by atoms with van der Waals surface area (Å²) >= 11 is 0. The predicted octanol–water partition coefficient (Wildman–Crippen LogP) is 2.42. The fourth-order valence-electron chi connectivity index (χ4n) is 5.09. The van der Waals surface area contributed by atoms with Gasteiger partial charge in [-0.2, -0.15) is 10.2 Å². The number of nitrogens with one attached hydrogen (secondary N) is 1. The fourth-order valence-corrected chi connectivity index (χ4v) is 5.09. The molecule has 2 saturated heterocycles. The van der Waals surface area contributed by atoms with Crippen molar-refractivity contribution >= 4 is 5.91 Å². The number of fused-ring (bicyclic) bond motifs is 1. The van der Waals surface area contributed by atoms with Gasteiger partial charge in [0.25, 0.3) is 5.91 Å². The number of aromatic amines is 1. The lowest BCUT2D eigenvalue weighted by Gasteiger charge is -2.26. The zero-order valence-corrected chi connectivity index (χ0v) is 18.3. The Bertz CT molecular complexity index is 1070. The van der Waals surface area contributed by atoms with Gasteiger partial charge in [0.1, 0.15) is 5.82 Å². The van der Waals surface area contributed by atoms with Crippen LogP contribution in [0.2, 0.25) is 0 Å². The molecule has 2 aromatic heterocycles. The lowest BCUT2D eigenvalue weighted by Crippen LogP contribution is -2.40. The second-order valence-electron chi connectivity index (χ2n) is 9.24. The Morgan fingerprint density at radius 2 is 2.03 bits per heavy atom. The molecule has 8 heteroatoms. The van der Waals surface area contributed by atoms with Crippen molar-refractivity contribution in [1.29, 1.82) is 0 Å². The van der Waals surface area contributed by atoms with Crippen molar-refractivity contribution < 1.29 is 4.79 Å². The van der Waals surface area contributed by atoms with Crippen molar-refractivity contribution in [2.75, 3.05) is 26.2 Å². The van der Waals surface area contributed by atoms with Crippen LogP contribution in [-0.2, 0) is 12.0 Å². The van der Waals surface area contributed by atoms with E-state index in [-0.39, 0.29) is 11.3 Å². The first-order chi connectivity index (χ1) is 14.9. The van der Waals surface area contributed by atoms with Gasteiger partial charge in [0, 0.05) is 62.0 Å². The second-order valence-corrected chi connectivity index (χ2v) is 9.24. The van der Waals surface area contributed by atoms with E-state index in [1.807, 2.05) is 53.0 Å². The van der Waals surface area contributed by atoms with Gasteiger partial charge in [0.2, 0.25) is 0 Å². The molecule has 1 aromatic carbocycles. The highest BCUT2D eigenvalue weighted by molar-refractivity contribution is 5.94. The Morgan fingerprint density at radius 3 is 2.71 bits per heavy atom. The van der Waals surface area contributed by atoms with Crippen LogP contribution in [0.3, 0.4) is 0 Å². The number of benzene rings is 1. The Balaban J connectivity index is 1.39.